The van der Waals surface area contributed by atoms with Gasteiger partial charge in [-0.25, -0.2) is 0 Å². The van der Waals surface area contributed by atoms with E-state index in [9.17, 15) is 8.42 Å². The van der Waals surface area contributed by atoms with Crippen molar-refractivity contribution >= 4 is 33.3 Å². The number of fused-ring (bicyclic) bond motifs is 1. The van der Waals surface area contributed by atoms with Crippen molar-refractivity contribution in [3.8, 4) is 0 Å². The third kappa shape index (κ3) is 2.28. The number of rotatable bonds is 1. The topological polar surface area (TPSA) is 54.4 Å². The second-order valence-electron chi connectivity index (χ2n) is 2.95. The van der Waals surface area contributed by atoms with Crippen LogP contribution < -0.4 is 0 Å². The van der Waals surface area contributed by atoms with E-state index in [-0.39, 0.29) is 17.3 Å². The maximum absolute atomic E-state index is 11.0. The minimum Gasteiger partial charge on any atom is -0.282 e. The van der Waals surface area contributed by atoms with Crippen molar-refractivity contribution in [1.82, 2.24) is 0 Å². The fourth-order valence-electron chi connectivity index (χ4n) is 1.42. The maximum atomic E-state index is 11.0. The molecule has 0 aromatic heterocycles. The fourth-order valence-corrected chi connectivity index (χ4v) is 2.13. The Hall–Kier alpha value is -1.10. The van der Waals surface area contributed by atoms with Crippen LogP contribution in [0.25, 0.3) is 10.8 Å². The quantitative estimate of drug-likeness (QED) is 0.785. The van der Waals surface area contributed by atoms with E-state index in [4.69, 9.17) is 4.55 Å². The standard InChI is InChI=1S/C10H8O3S.ClH/c11-14(12,13)10-7-3-5-8-4-1-2-6-9(8)10;/h1-7H,(H,11,12,13);1H. The van der Waals surface area contributed by atoms with Gasteiger partial charge in [-0.2, -0.15) is 8.42 Å². The minimum absolute atomic E-state index is 0. The number of halogens is 1. The summed E-state index contributed by atoms with van der Waals surface area (Å²) in [5, 5.41) is 1.33. The lowest BCUT2D eigenvalue weighted by Crippen LogP contribution is -1.98. The first-order chi connectivity index (χ1) is 6.59. The molecule has 2 aromatic carbocycles. The first kappa shape index (κ1) is 12.0. The molecule has 0 aliphatic heterocycles. The summed E-state index contributed by atoms with van der Waals surface area (Å²) >= 11 is 0. The highest BCUT2D eigenvalue weighted by molar-refractivity contribution is 7.86. The summed E-state index contributed by atoms with van der Waals surface area (Å²) in [6.07, 6.45) is 0. The van der Waals surface area contributed by atoms with Crippen LogP contribution in [0.3, 0.4) is 0 Å². The first-order valence-corrected chi connectivity index (χ1v) is 5.48. The Kier molecular flexibility index (Phi) is 3.34. The second-order valence-corrected chi connectivity index (χ2v) is 4.34. The van der Waals surface area contributed by atoms with Gasteiger partial charge in [0.05, 0.1) is 0 Å². The summed E-state index contributed by atoms with van der Waals surface area (Å²) in [5.41, 5.74) is 0. The Bertz CT molecular complexity index is 573. The third-order valence-electron chi connectivity index (χ3n) is 2.03. The molecule has 5 heteroatoms. The molecule has 80 valence electrons. The second kappa shape index (κ2) is 4.18. The SMILES string of the molecule is Cl.O=S(=O)(O)c1cccc2ccccc12. The molecule has 0 aliphatic carbocycles. The molecule has 0 spiro atoms. The molecule has 0 saturated heterocycles. The summed E-state index contributed by atoms with van der Waals surface area (Å²) in [4.78, 5) is -0.0457. The van der Waals surface area contributed by atoms with Gasteiger partial charge < -0.3 is 0 Å². The fraction of sp³-hybridized carbons (Fsp3) is 0. The zero-order valence-electron chi connectivity index (χ0n) is 7.62. The minimum atomic E-state index is -4.13. The van der Waals surface area contributed by atoms with Gasteiger partial charge in [-0.05, 0) is 11.5 Å². The predicted octanol–water partition coefficient (Wildman–Crippen LogP) is 2.51. The molecule has 15 heavy (non-hydrogen) atoms. The van der Waals surface area contributed by atoms with Crippen molar-refractivity contribution in [3.63, 3.8) is 0 Å². The van der Waals surface area contributed by atoms with Crippen LogP contribution in [0.4, 0.5) is 0 Å². The lowest BCUT2D eigenvalue weighted by Gasteiger charge is -2.02. The van der Waals surface area contributed by atoms with Gasteiger partial charge in [0.2, 0.25) is 0 Å². The lowest BCUT2D eigenvalue weighted by molar-refractivity contribution is 0.484. The predicted molar refractivity (Wildman–Crippen MR) is 61.0 cm³/mol. The van der Waals surface area contributed by atoms with Crippen molar-refractivity contribution in [2.24, 2.45) is 0 Å². The van der Waals surface area contributed by atoms with Crippen LogP contribution in [-0.2, 0) is 10.1 Å². The molecule has 0 radical (unpaired) electrons. The molecular formula is C10H9ClO3S. The van der Waals surface area contributed by atoms with Crippen molar-refractivity contribution < 1.29 is 13.0 Å². The Labute approximate surface area is 93.9 Å². The van der Waals surface area contributed by atoms with Crippen LogP contribution in [0, 0.1) is 0 Å². The van der Waals surface area contributed by atoms with Crippen LogP contribution >= 0.6 is 12.4 Å². The summed E-state index contributed by atoms with van der Waals surface area (Å²) < 4.78 is 31.0. The zero-order chi connectivity index (χ0) is 10.2. The van der Waals surface area contributed by atoms with Gasteiger partial charge in [-0.15, -0.1) is 12.4 Å². The summed E-state index contributed by atoms with van der Waals surface area (Å²) in [6, 6.07) is 11.8. The van der Waals surface area contributed by atoms with E-state index in [2.05, 4.69) is 0 Å². The van der Waals surface area contributed by atoms with Gasteiger partial charge in [-0.1, -0.05) is 36.4 Å². The van der Waals surface area contributed by atoms with Crippen molar-refractivity contribution in [2.75, 3.05) is 0 Å². The molecular weight excluding hydrogens is 236 g/mol. The molecule has 0 fully saturated rings. The molecule has 0 unspecified atom stereocenters. The van der Waals surface area contributed by atoms with Gasteiger partial charge in [0.25, 0.3) is 10.1 Å². The van der Waals surface area contributed by atoms with Crippen molar-refractivity contribution in [1.29, 1.82) is 0 Å². The van der Waals surface area contributed by atoms with E-state index in [1.54, 1.807) is 30.3 Å². The molecule has 1 N–H and O–H groups in total. The monoisotopic (exact) mass is 244 g/mol. The highest BCUT2D eigenvalue weighted by Gasteiger charge is 2.12. The highest BCUT2D eigenvalue weighted by Crippen LogP contribution is 2.21. The van der Waals surface area contributed by atoms with Gasteiger partial charge in [-0.3, -0.25) is 4.55 Å². The number of hydrogen-bond acceptors (Lipinski definition) is 2. The van der Waals surface area contributed by atoms with Gasteiger partial charge >= 0.3 is 0 Å². The molecule has 0 bridgehead atoms. The largest absolute Gasteiger partial charge is 0.295 e. The number of benzene rings is 2. The van der Waals surface area contributed by atoms with Crippen molar-refractivity contribution in [3.05, 3.63) is 42.5 Å². The third-order valence-corrected chi connectivity index (χ3v) is 2.94. The van der Waals surface area contributed by atoms with E-state index in [0.29, 0.717) is 5.39 Å². The Morgan fingerprint density at radius 2 is 1.53 bits per heavy atom. The molecule has 2 aromatic rings. The zero-order valence-corrected chi connectivity index (χ0v) is 9.25. The molecule has 2 rings (SSSR count). The summed E-state index contributed by atoms with van der Waals surface area (Å²) in [7, 11) is -4.13. The van der Waals surface area contributed by atoms with Gasteiger partial charge in [0.15, 0.2) is 0 Å². The van der Waals surface area contributed by atoms with Crippen LogP contribution in [-0.4, -0.2) is 13.0 Å². The van der Waals surface area contributed by atoms with E-state index >= 15 is 0 Å². The molecule has 0 aliphatic rings. The Morgan fingerprint density at radius 3 is 2.20 bits per heavy atom. The van der Waals surface area contributed by atoms with Gasteiger partial charge in [0, 0.05) is 5.39 Å². The van der Waals surface area contributed by atoms with Gasteiger partial charge in [0.1, 0.15) is 4.90 Å². The van der Waals surface area contributed by atoms with E-state index in [1.807, 2.05) is 6.07 Å². The normalized spacial score (nSPS) is 11.0. The van der Waals surface area contributed by atoms with Crippen LogP contribution in [0.5, 0.6) is 0 Å². The molecule has 3 nitrogen and oxygen atoms in total. The van der Waals surface area contributed by atoms with E-state index in [1.165, 1.54) is 6.07 Å². The Balaban J connectivity index is 0.00000112. The molecule has 0 saturated carbocycles. The van der Waals surface area contributed by atoms with Crippen LogP contribution in [0.1, 0.15) is 0 Å². The average molecular weight is 245 g/mol. The van der Waals surface area contributed by atoms with Crippen LogP contribution in [0.15, 0.2) is 47.4 Å². The Morgan fingerprint density at radius 1 is 0.933 bits per heavy atom. The lowest BCUT2D eigenvalue weighted by atomic mass is 10.1. The van der Waals surface area contributed by atoms with Crippen LogP contribution in [0.2, 0.25) is 0 Å². The molecule has 0 amide bonds. The van der Waals surface area contributed by atoms with E-state index in [0.717, 1.165) is 5.39 Å². The number of hydrogen-bond donors (Lipinski definition) is 1. The van der Waals surface area contributed by atoms with Crippen molar-refractivity contribution in [2.45, 2.75) is 4.90 Å². The molecule has 0 heterocycles. The molecule has 0 atom stereocenters. The summed E-state index contributed by atoms with van der Waals surface area (Å²) in [5.74, 6) is 0. The first-order valence-electron chi connectivity index (χ1n) is 4.04. The average Bonchev–Trinajstić information content (AvgIpc) is 2.15. The smallest absolute Gasteiger partial charge is 0.282 e. The maximum Gasteiger partial charge on any atom is 0.295 e. The summed E-state index contributed by atoms with van der Waals surface area (Å²) in [6.45, 7) is 0. The van der Waals surface area contributed by atoms with E-state index < -0.39 is 10.1 Å². The highest BCUT2D eigenvalue weighted by atomic mass is 35.5.